The molecular formula is C17H18FN5O. The highest BCUT2D eigenvalue weighted by atomic mass is 19.1. The highest BCUT2D eigenvalue weighted by molar-refractivity contribution is 6.05. The van der Waals surface area contributed by atoms with Crippen LogP contribution in [0.4, 0.5) is 10.1 Å². The van der Waals surface area contributed by atoms with Gasteiger partial charge >= 0.3 is 0 Å². The van der Waals surface area contributed by atoms with Crippen LogP contribution in [0.25, 0.3) is 5.69 Å². The second kappa shape index (κ2) is 6.27. The summed E-state index contributed by atoms with van der Waals surface area (Å²) < 4.78 is 17.5. The van der Waals surface area contributed by atoms with Crippen LogP contribution in [-0.4, -0.2) is 25.5 Å². The van der Waals surface area contributed by atoms with Gasteiger partial charge in [-0.2, -0.15) is 10.2 Å². The van der Waals surface area contributed by atoms with Crippen LogP contribution >= 0.6 is 0 Å². The monoisotopic (exact) mass is 327 g/mol. The molecule has 0 radical (unpaired) electrons. The number of carbonyl (C=O) groups is 1. The lowest BCUT2D eigenvalue weighted by atomic mass is 10.2. The lowest BCUT2D eigenvalue weighted by molar-refractivity contribution is 0.102. The molecule has 3 rings (SSSR count). The summed E-state index contributed by atoms with van der Waals surface area (Å²) in [6, 6.07) is 6.43. The number of nitrogens with zero attached hydrogens (tertiary/aromatic N) is 4. The number of rotatable bonds is 4. The highest BCUT2D eigenvalue weighted by Gasteiger charge is 2.18. The molecular weight excluding hydrogens is 309 g/mol. The molecule has 0 aliphatic carbocycles. The van der Waals surface area contributed by atoms with Crippen LogP contribution < -0.4 is 5.32 Å². The Labute approximate surface area is 138 Å². The number of benzene rings is 1. The van der Waals surface area contributed by atoms with E-state index in [9.17, 15) is 9.18 Å². The fourth-order valence-electron chi connectivity index (χ4n) is 2.39. The third kappa shape index (κ3) is 2.92. The Bertz CT molecular complexity index is 867. The van der Waals surface area contributed by atoms with Crippen LogP contribution in [0.5, 0.6) is 0 Å². The van der Waals surface area contributed by atoms with Gasteiger partial charge < -0.3 is 5.32 Å². The van der Waals surface area contributed by atoms with Crippen molar-refractivity contribution in [2.24, 2.45) is 0 Å². The second-order valence-corrected chi connectivity index (χ2v) is 5.74. The first-order valence-corrected chi connectivity index (χ1v) is 7.63. The molecule has 0 atom stereocenters. The smallest absolute Gasteiger partial charge is 0.259 e. The molecule has 2 aromatic heterocycles. The topological polar surface area (TPSA) is 64.7 Å². The average Bonchev–Trinajstić information content (AvgIpc) is 3.18. The lowest BCUT2D eigenvalue weighted by Crippen LogP contribution is -2.16. The quantitative estimate of drug-likeness (QED) is 0.799. The maximum absolute atomic E-state index is 14.3. The summed E-state index contributed by atoms with van der Waals surface area (Å²) in [6.07, 6.45) is 4.95. The van der Waals surface area contributed by atoms with Crippen molar-refractivity contribution < 1.29 is 9.18 Å². The molecule has 7 heteroatoms. The summed E-state index contributed by atoms with van der Waals surface area (Å²) in [7, 11) is 0. The van der Waals surface area contributed by atoms with E-state index in [1.807, 2.05) is 13.8 Å². The van der Waals surface area contributed by atoms with Gasteiger partial charge in [0, 0.05) is 24.6 Å². The zero-order valence-corrected chi connectivity index (χ0v) is 13.7. The summed E-state index contributed by atoms with van der Waals surface area (Å²) in [6.45, 7) is 5.70. The molecule has 0 fully saturated rings. The Morgan fingerprint density at radius 3 is 2.71 bits per heavy atom. The number of aromatic nitrogens is 4. The summed E-state index contributed by atoms with van der Waals surface area (Å²) >= 11 is 0. The summed E-state index contributed by atoms with van der Waals surface area (Å²) in [5, 5.41) is 11.1. The van der Waals surface area contributed by atoms with Crippen LogP contribution in [0, 0.1) is 12.7 Å². The predicted molar refractivity (Wildman–Crippen MR) is 88.8 cm³/mol. The number of aryl methyl sites for hydroxylation is 1. The van der Waals surface area contributed by atoms with Crippen molar-refractivity contribution in [1.29, 1.82) is 0 Å². The minimum atomic E-state index is -0.523. The minimum absolute atomic E-state index is 0.0860. The molecule has 0 aliphatic heterocycles. The van der Waals surface area contributed by atoms with Crippen molar-refractivity contribution in [2.75, 3.05) is 5.32 Å². The van der Waals surface area contributed by atoms with Gasteiger partial charge in [0.2, 0.25) is 0 Å². The maximum Gasteiger partial charge on any atom is 0.259 e. The van der Waals surface area contributed by atoms with Gasteiger partial charge in [0.1, 0.15) is 11.5 Å². The fourth-order valence-corrected chi connectivity index (χ4v) is 2.39. The van der Waals surface area contributed by atoms with Gasteiger partial charge in [-0.15, -0.1) is 0 Å². The first-order valence-electron chi connectivity index (χ1n) is 7.63. The van der Waals surface area contributed by atoms with Crippen molar-refractivity contribution in [2.45, 2.75) is 26.8 Å². The molecule has 0 saturated heterocycles. The molecule has 1 amide bonds. The normalized spacial score (nSPS) is 11.0. The van der Waals surface area contributed by atoms with Crippen LogP contribution in [-0.2, 0) is 0 Å². The summed E-state index contributed by atoms with van der Waals surface area (Å²) in [5.74, 6) is -0.928. The van der Waals surface area contributed by atoms with Crippen molar-refractivity contribution in [3.63, 3.8) is 0 Å². The average molecular weight is 327 g/mol. The maximum atomic E-state index is 14.3. The van der Waals surface area contributed by atoms with Gasteiger partial charge in [0.15, 0.2) is 0 Å². The molecule has 124 valence electrons. The van der Waals surface area contributed by atoms with Gasteiger partial charge in [-0.05, 0) is 39.0 Å². The van der Waals surface area contributed by atoms with Crippen LogP contribution in [0.15, 0.2) is 42.9 Å². The Balaban J connectivity index is 1.96. The molecule has 0 aliphatic rings. The van der Waals surface area contributed by atoms with E-state index in [-0.39, 0.29) is 11.7 Å². The number of hydrogen-bond donors (Lipinski definition) is 1. The molecule has 2 heterocycles. The third-order valence-corrected chi connectivity index (χ3v) is 3.67. The summed E-state index contributed by atoms with van der Waals surface area (Å²) in [4.78, 5) is 12.6. The minimum Gasteiger partial charge on any atom is -0.318 e. The zero-order chi connectivity index (χ0) is 17.3. The Morgan fingerprint density at radius 1 is 1.29 bits per heavy atom. The van der Waals surface area contributed by atoms with Crippen molar-refractivity contribution in [3.8, 4) is 5.69 Å². The molecule has 3 aromatic rings. The van der Waals surface area contributed by atoms with E-state index in [4.69, 9.17) is 0 Å². The molecule has 24 heavy (non-hydrogen) atoms. The van der Waals surface area contributed by atoms with Crippen LogP contribution in [0.3, 0.4) is 0 Å². The first kappa shape index (κ1) is 15.9. The van der Waals surface area contributed by atoms with E-state index in [2.05, 4.69) is 15.5 Å². The van der Waals surface area contributed by atoms with E-state index < -0.39 is 11.7 Å². The number of anilines is 1. The molecule has 1 aromatic carbocycles. The molecule has 0 spiro atoms. The van der Waals surface area contributed by atoms with Gasteiger partial charge in [0.05, 0.1) is 16.9 Å². The van der Waals surface area contributed by atoms with Gasteiger partial charge in [-0.3, -0.25) is 9.48 Å². The van der Waals surface area contributed by atoms with Crippen LogP contribution in [0.2, 0.25) is 0 Å². The number of amides is 1. The molecule has 6 nitrogen and oxygen atoms in total. The molecule has 0 bridgehead atoms. The van der Waals surface area contributed by atoms with Gasteiger partial charge in [-0.1, -0.05) is 6.07 Å². The van der Waals surface area contributed by atoms with E-state index >= 15 is 0 Å². The molecule has 0 unspecified atom stereocenters. The van der Waals surface area contributed by atoms with Crippen molar-refractivity contribution in [1.82, 2.24) is 19.6 Å². The fraction of sp³-hybridized carbons (Fsp3) is 0.235. The number of carbonyl (C=O) groups excluding carboxylic acids is 1. The van der Waals surface area contributed by atoms with E-state index in [0.29, 0.717) is 16.9 Å². The molecule has 1 N–H and O–H groups in total. The number of hydrogen-bond acceptors (Lipinski definition) is 3. The molecule has 0 saturated carbocycles. The van der Waals surface area contributed by atoms with E-state index in [0.717, 1.165) is 0 Å². The van der Waals surface area contributed by atoms with Gasteiger partial charge in [0.25, 0.3) is 5.91 Å². The highest BCUT2D eigenvalue weighted by Crippen LogP contribution is 2.24. The van der Waals surface area contributed by atoms with Crippen LogP contribution in [0.1, 0.15) is 35.9 Å². The van der Waals surface area contributed by atoms with Crippen molar-refractivity contribution in [3.05, 3.63) is 59.9 Å². The largest absolute Gasteiger partial charge is 0.318 e. The lowest BCUT2D eigenvalue weighted by Gasteiger charge is -2.12. The Morgan fingerprint density at radius 2 is 2.08 bits per heavy atom. The number of para-hydroxylation sites is 1. The third-order valence-electron chi connectivity index (χ3n) is 3.67. The second-order valence-electron chi connectivity index (χ2n) is 5.74. The predicted octanol–water partition coefficient (Wildman–Crippen LogP) is 3.35. The SMILES string of the molecule is Cc1nn(C(C)C)cc1C(=O)Nc1c(F)cccc1-n1cccn1. The van der Waals surface area contributed by atoms with E-state index in [1.54, 1.807) is 48.4 Å². The Hall–Kier alpha value is -2.96. The number of nitrogens with one attached hydrogen (secondary N) is 1. The van der Waals surface area contributed by atoms with Crippen molar-refractivity contribution >= 4 is 11.6 Å². The number of halogens is 1. The zero-order valence-electron chi connectivity index (χ0n) is 13.7. The Kier molecular flexibility index (Phi) is 4.16. The van der Waals surface area contributed by atoms with Gasteiger partial charge in [-0.25, -0.2) is 9.07 Å². The van der Waals surface area contributed by atoms with E-state index in [1.165, 1.54) is 10.7 Å². The standard InChI is InChI=1S/C17H18FN5O/c1-11(2)23-10-13(12(3)21-23)17(24)20-16-14(18)6-4-7-15(16)22-9-5-8-19-22/h4-11H,1-3H3,(H,20,24). The first-order chi connectivity index (χ1) is 11.5. The summed E-state index contributed by atoms with van der Waals surface area (Å²) in [5.41, 5.74) is 1.56.